The van der Waals surface area contributed by atoms with Gasteiger partial charge in [0.2, 0.25) is 0 Å². The van der Waals surface area contributed by atoms with Crippen molar-refractivity contribution in [3.05, 3.63) is 35.1 Å². The zero-order valence-corrected chi connectivity index (χ0v) is 15.1. The molecule has 1 aromatic carbocycles. The molecule has 1 fully saturated rings. The molecule has 0 amide bonds. The minimum atomic E-state index is 0.474. The van der Waals surface area contributed by atoms with Gasteiger partial charge in [0.15, 0.2) is 0 Å². The predicted molar refractivity (Wildman–Crippen MR) is 98.1 cm³/mol. The van der Waals surface area contributed by atoms with Gasteiger partial charge in [-0.25, -0.2) is 9.29 Å². The Morgan fingerprint density at radius 1 is 1.32 bits per heavy atom. The van der Waals surface area contributed by atoms with E-state index in [2.05, 4.69) is 53.5 Å². The van der Waals surface area contributed by atoms with Gasteiger partial charge in [-0.05, 0) is 42.3 Å². The van der Waals surface area contributed by atoms with Crippen molar-refractivity contribution in [1.29, 1.82) is 0 Å². The summed E-state index contributed by atoms with van der Waals surface area (Å²) in [5.74, 6) is 0.474. The fourth-order valence-electron chi connectivity index (χ4n) is 3.03. The molecule has 0 spiro atoms. The van der Waals surface area contributed by atoms with Crippen LogP contribution in [0.2, 0.25) is 5.15 Å². The molecule has 0 atom stereocenters. The number of likely N-dealkylation sites (N-methyl/N-ethyl adjacent to an activating group) is 1. The number of anilines is 1. The Morgan fingerprint density at radius 2 is 2.05 bits per heavy atom. The normalized spacial score (nSPS) is 15.9. The topological polar surface area (TPSA) is 19.4 Å². The average molecular weight is 336 g/mol. The van der Waals surface area contributed by atoms with Crippen LogP contribution in [-0.4, -0.2) is 41.7 Å². The lowest BCUT2D eigenvalue weighted by molar-refractivity contribution is 0.337. The highest BCUT2D eigenvalue weighted by molar-refractivity contribution is 7.96. The molecule has 1 aliphatic rings. The van der Waals surface area contributed by atoms with Crippen molar-refractivity contribution in [2.24, 2.45) is 0 Å². The molecule has 0 aliphatic carbocycles. The molecular formula is C17H22ClN3S. The van der Waals surface area contributed by atoms with Gasteiger partial charge in [0.25, 0.3) is 0 Å². The van der Waals surface area contributed by atoms with Gasteiger partial charge in [-0.2, -0.15) is 0 Å². The Bertz CT molecular complexity index is 683. The van der Waals surface area contributed by atoms with Gasteiger partial charge >= 0.3 is 0 Å². The third kappa shape index (κ3) is 2.80. The molecule has 1 aromatic heterocycles. The SMILES string of the molecule is CSN(C)C1CN(c2ccc(C(C)C)c3cc(Cl)ncc23)C1. The first-order chi connectivity index (χ1) is 10.5. The van der Waals surface area contributed by atoms with Gasteiger partial charge in [0.05, 0.1) is 6.04 Å². The minimum Gasteiger partial charge on any atom is -0.368 e. The Balaban J connectivity index is 1.97. The first kappa shape index (κ1) is 15.9. The molecule has 22 heavy (non-hydrogen) atoms. The maximum absolute atomic E-state index is 6.12. The Hall–Kier alpha value is -0.970. The quantitative estimate of drug-likeness (QED) is 0.608. The number of hydrogen-bond acceptors (Lipinski definition) is 4. The number of halogens is 1. The van der Waals surface area contributed by atoms with Crippen molar-refractivity contribution >= 4 is 40.0 Å². The zero-order valence-electron chi connectivity index (χ0n) is 13.5. The van der Waals surface area contributed by atoms with Crippen LogP contribution >= 0.6 is 23.5 Å². The van der Waals surface area contributed by atoms with Crippen molar-refractivity contribution in [3.63, 3.8) is 0 Å². The summed E-state index contributed by atoms with van der Waals surface area (Å²) in [5.41, 5.74) is 2.61. The predicted octanol–water partition coefficient (Wildman–Crippen LogP) is 4.41. The minimum absolute atomic E-state index is 0.474. The van der Waals surface area contributed by atoms with Crippen molar-refractivity contribution in [2.75, 3.05) is 31.3 Å². The first-order valence-corrected chi connectivity index (χ1v) is 9.17. The smallest absolute Gasteiger partial charge is 0.129 e. The van der Waals surface area contributed by atoms with Crippen LogP contribution in [0.5, 0.6) is 0 Å². The number of fused-ring (bicyclic) bond motifs is 1. The van der Waals surface area contributed by atoms with Crippen LogP contribution in [0, 0.1) is 0 Å². The number of pyridine rings is 1. The lowest BCUT2D eigenvalue weighted by Crippen LogP contribution is -2.56. The van der Waals surface area contributed by atoms with Crippen molar-refractivity contribution in [1.82, 2.24) is 9.29 Å². The second-order valence-corrected chi connectivity index (χ2v) is 7.50. The summed E-state index contributed by atoms with van der Waals surface area (Å²) in [7, 11) is 2.16. The number of rotatable bonds is 4. The molecule has 0 bridgehead atoms. The van der Waals surface area contributed by atoms with E-state index in [9.17, 15) is 0 Å². The maximum Gasteiger partial charge on any atom is 0.129 e. The van der Waals surface area contributed by atoms with Gasteiger partial charge in [0, 0.05) is 30.4 Å². The highest BCUT2D eigenvalue weighted by Crippen LogP contribution is 2.36. The Morgan fingerprint density at radius 3 is 2.68 bits per heavy atom. The highest BCUT2D eigenvalue weighted by atomic mass is 35.5. The third-order valence-corrected chi connectivity index (χ3v) is 5.59. The summed E-state index contributed by atoms with van der Waals surface area (Å²) in [6, 6.07) is 7.10. The summed E-state index contributed by atoms with van der Waals surface area (Å²) >= 11 is 7.92. The van der Waals surface area contributed by atoms with Gasteiger partial charge in [0.1, 0.15) is 5.15 Å². The van der Waals surface area contributed by atoms with E-state index >= 15 is 0 Å². The molecule has 0 radical (unpaired) electrons. The van der Waals surface area contributed by atoms with E-state index in [4.69, 9.17) is 11.6 Å². The molecule has 1 aliphatic heterocycles. The van der Waals surface area contributed by atoms with Gasteiger partial charge in [-0.15, -0.1) is 0 Å². The van der Waals surface area contributed by atoms with Crippen molar-refractivity contribution < 1.29 is 0 Å². The molecule has 2 aromatic rings. The Kier molecular flexibility index (Phi) is 4.53. The standard InChI is InChI=1S/C17H22ClN3S/c1-11(2)13-5-6-16(15-8-19-17(18)7-14(13)15)21-9-12(10-21)20(3)22-4/h5-8,11-12H,9-10H2,1-4H3. The van der Waals surface area contributed by atoms with E-state index in [0.717, 1.165) is 13.1 Å². The lowest BCUT2D eigenvalue weighted by atomic mass is 9.95. The van der Waals surface area contributed by atoms with Gasteiger partial charge < -0.3 is 4.90 Å². The largest absolute Gasteiger partial charge is 0.368 e. The molecule has 0 N–H and O–H groups in total. The molecule has 1 saturated heterocycles. The third-order valence-electron chi connectivity index (χ3n) is 4.51. The van der Waals surface area contributed by atoms with Crippen LogP contribution < -0.4 is 4.90 Å². The average Bonchev–Trinajstić information content (AvgIpc) is 2.44. The van der Waals surface area contributed by atoms with Crippen LogP contribution in [-0.2, 0) is 0 Å². The molecule has 5 heteroatoms. The zero-order chi connectivity index (χ0) is 15.9. The van der Waals surface area contributed by atoms with E-state index in [1.54, 1.807) is 11.9 Å². The summed E-state index contributed by atoms with van der Waals surface area (Å²) in [6.45, 7) is 6.57. The van der Waals surface area contributed by atoms with E-state index in [0.29, 0.717) is 17.1 Å². The molecule has 0 unspecified atom stereocenters. The van der Waals surface area contributed by atoms with E-state index < -0.39 is 0 Å². The number of benzene rings is 1. The number of aromatic nitrogens is 1. The molecule has 3 nitrogen and oxygen atoms in total. The Labute approximate surface area is 141 Å². The molecular weight excluding hydrogens is 314 g/mol. The van der Waals surface area contributed by atoms with Gasteiger partial charge in [-0.1, -0.05) is 43.5 Å². The van der Waals surface area contributed by atoms with Crippen LogP contribution in [0.25, 0.3) is 10.8 Å². The van der Waals surface area contributed by atoms with Crippen LogP contribution in [0.15, 0.2) is 24.4 Å². The van der Waals surface area contributed by atoms with Crippen LogP contribution in [0.1, 0.15) is 25.3 Å². The van der Waals surface area contributed by atoms with Crippen molar-refractivity contribution in [2.45, 2.75) is 25.8 Å². The molecule has 118 valence electrons. The summed E-state index contributed by atoms with van der Waals surface area (Å²) in [5, 5.41) is 3.00. The van der Waals surface area contributed by atoms with E-state index in [-0.39, 0.29) is 0 Å². The van der Waals surface area contributed by atoms with Crippen LogP contribution in [0.3, 0.4) is 0 Å². The monoisotopic (exact) mass is 335 g/mol. The second-order valence-electron chi connectivity index (χ2n) is 6.17. The maximum atomic E-state index is 6.12. The summed E-state index contributed by atoms with van der Waals surface area (Å²) in [4.78, 5) is 6.73. The first-order valence-electron chi connectivity index (χ1n) is 7.61. The lowest BCUT2D eigenvalue weighted by Gasteiger charge is -2.45. The summed E-state index contributed by atoms with van der Waals surface area (Å²) in [6.07, 6.45) is 4.05. The number of hydrogen-bond donors (Lipinski definition) is 0. The molecule has 3 rings (SSSR count). The highest BCUT2D eigenvalue weighted by Gasteiger charge is 2.31. The van der Waals surface area contributed by atoms with Crippen molar-refractivity contribution in [3.8, 4) is 0 Å². The molecule has 0 saturated carbocycles. The molecule has 2 heterocycles. The van der Waals surface area contributed by atoms with Gasteiger partial charge in [-0.3, -0.25) is 0 Å². The second kappa shape index (κ2) is 6.26. The fourth-order valence-corrected chi connectivity index (χ4v) is 3.62. The number of nitrogens with zero attached hydrogens (tertiary/aromatic N) is 3. The van der Waals surface area contributed by atoms with E-state index in [1.165, 1.54) is 22.0 Å². The van der Waals surface area contributed by atoms with E-state index in [1.807, 2.05) is 12.3 Å². The summed E-state index contributed by atoms with van der Waals surface area (Å²) < 4.78 is 2.33. The fraction of sp³-hybridized carbons (Fsp3) is 0.471. The van der Waals surface area contributed by atoms with Crippen LogP contribution in [0.4, 0.5) is 5.69 Å².